The highest BCUT2D eigenvalue weighted by atomic mass is 35.5. The lowest BCUT2D eigenvalue weighted by atomic mass is 10.2. The molecule has 0 fully saturated rings. The summed E-state index contributed by atoms with van der Waals surface area (Å²) in [7, 11) is 0. The summed E-state index contributed by atoms with van der Waals surface area (Å²) < 4.78 is 4.84. The SMILES string of the molecule is O=C(COC(=O)c1ccc([N+](=O)[O-])cc1)Nc1c(Cl)cccc1Cl. The second-order valence-corrected chi connectivity index (χ2v) is 5.34. The van der Waals surface area contributed by atoms with Crippen molar-refractivity contribution >= 4 is 46.5 Å². The van der Waals surface area contributed by atoms with Gasteiger partial charge in [-0.25, -0.2) is 4.79 Å². The molecule has 1 amide bonds. The largest absolute Gasteiger partial charge is 0.452 e. The monoisotopic (exact) mass is 368 g/mol. The van der Waals surface area contributed by atoms with E-state index in [1.807, 2.05) is 0 Å². The van der Waals surface area contributed by atoms with Crippen molar-refractivity contribution in [3.63, 3.8) is 0 Å². The summed E-state index contributed by atoms with van der Waals surface area (Å²) in [6.07, 6.45) is 0. The Balaban J connectivity index is 1.94. The lowest BCUT2D eigenvalue weighted by molar-refractivity contribution is -0.384. The first kappa shape index (κ1) is 17.7. The second kappa shape index (κ2) is 7.76. The summed E-state index contributed by atoms with van der Waals surface area (Å²) in [4.78, 5) is 33.5. The molecule has 0 saturated carbocycles. The molecule has 0 spiro atoms. The molecule has 0 heterocycles. The first-order valence-corrected chi connectivity index (χ1v) is 7.29. The fraction of sp³-hybridized carbons (Fsp3) is 0.0667. The standard InChI is InChI=1S/C15H10Cl2N2O5/c16-11-2-1-3-12(17)14(11)18-13(20)8-24-15(21)9-4-6-10(7-5-9)19(22)23/h1-7H,8H2,(H,18,20). The maximum absolute atomic E-state index is 11.8. The van der Waals surface area contributed by atoms with Crippen molar-refractivity contribution < 1.29 is 19.2 Å². The van der Waals surface area contributed by atoms with Gasteiger partial charge in [0.05, 0.1) is 26.2 Å². The predicted octanol–water partition coefficient (Wildman–Crippen LogP) is 3.70. The van der Waals surface area contributed by atoms with Crippen LogP contribution >= 0.6 is 23.2 Å². The molecule has 0 bridgehead atoms. The molecule has 0 aliphatic rings. The van der Waals surface area contributed by atoms with Gasteiger partial charge in [0, 0.05) is 12.1 Å². The summed E-state index contributed by atoms with van der Waals surface area (Å²) in [6.45, 7) is -0.558. The van der Waals surface area contributed by atoms with Crippen LogP contribution in [0, 0.1) is 10.1 Å². The highest BCUT2D eigenvalue weighted by Crippen LogP contribution is 2.29. The van der Waals surface area contributed by atoms with Gasteiger partial charge >= 0.3 is 5.97 Å². The van der Waals surface area contributed by atoms with Crippen molar-refractivity contribution in [3.8, 4) is 0 Å². The van der Waals surface area contributed by atoms with Crippen LogP contribution < -0.4 is 5.32 Å². The molecule has 0 aliphatic carbocycles. The van der Waals surface area contributed by atoms with E-state index in [1.54, 1.807) is 18.2 Å². The average molecular weight is 369 g/mol. The van der Waals surface area contributed by atoms with Gasteiger partial charge in [-0.15, -0.1) is 0 Å². The van der Waals surface area contributed by atoms with E-state index in [-0.39, 0.29) is 27.0 Å². The van der Waals surface area contributed by atoms with E-state index in [2.05, 4.69) is 5.32 Å². The van der Waals surface area contributed by atoms with Crippen molar-refractivity contribution in [3.05, 3.63) is 68.2 Å². The topological polar surface area (TPSA) is 98.5 Å². The van der Waals surface area contributed by atoms with Gasteiger partial charge in [0.15, 0.2) is 6.61 Å². The molecule has 0 aliphatic heterocycles. The zero-order valence-corrected chi connectivity index (χ0v) is 13.5. The van der Waals surface area contributed by atoms with Crippen LogP contribution in [0.3, 0.4) is 0 Å². The van der Waals surface area contributed by atoms with Crippen LogP contribution in [0.1, 0.15) is 10.4 Å². The molecule has 7 nitrogen and oxygen atoms in total. The number of nitrogens with one attached hydrogen (secondary N) is 1. The Bertz CT molecular complexity index is 773. The molecule has 2 rings (SSSR count). The maximum atomic E-state index is 11.8. The molecule has 0 saturated heterocycles. The number of benzene rings is 2. The molecule has 0 atom stereocenters. The van der Waals surface area contributed by atoms with Crippen LogP contribution in [-0.2, 0) is 9.53 Å². The van der Waals surface area contributed by atoms with Gasteiger partial charge < -0.3 is 10.1 Å². The van der Waals surface area contributed by atoms with Crippen molar-refractivity contribution in [2.75, 3.05) is 11.9 Å². The number of nitrogens with zero attached hydrogens (tertiary/aromatic N) is 1. The zero-order chi connectivity index (χ0) is 17.7. The van der Waals surface area contributed by atoms with Crippen LogP contribution in [0.5, 0.6) is 0 Å². The van der Waals surface area contributed by atoms with E-state index in [0.717, 1.165) is 0 Å². The number of non-ortho nitro benzene ring substituents is 1. The number of nitro benzene ring substituents is 1. The Kier molecular flexibility index (Phi) is 5.73. The third-order valence-electron chi connectivity index (χ3n) is 2.88. The first-order chi connectivity index (χ1) is 11.4. The Labute approximate surface area is 146 Å². The molecule has 124 valence electrons. The minimum atomic E-state index is -0.787. The molecular formula is C15H10Cl2N2O5. The number of nitro groups is 1. The van der Waals surface area contributed by atoms with Gasteiger partial charge in [-0.1, -0.05) is 29.3 Å². The number of hydrogen-bond acceptors (Lipinski definition) is 5. The minimum Gasteiger partial charge on any atom is -0.452 e. The second-order valence-electron chi connectivity index (χ2n) is 4.52. The highest BCUT2D eigenvalue weighted by Gasteiger charge is 2.14. The fourth-order valence-electron chi connectivity index (χ4n) is 1.73. The molecule has 2 aromatic carbocycles. The third kappa shape index (κ3) is 4.43. The van der Waals surface area contributed by atoms with Crippen LogP contribution in [0.2, 0.25) is 10.0 Å². The van der Waals surface area contributed by atoms with Gasteiger partial charge in [0.2, 0.25) is 0 Å². The predicted molar refractivity (Wildman–Crippen MR) is 88.5 cm³/mol. The fourth-order valence-corrected chi connectivity index (χ4v) is 2.22. The number of carbonyl (C=O) groups excluding carboxylic acids is 2. The van der Waals surface area contributed by atoms with Crippen LogP contribution in [0.15, 0.2) is 42.5 Å². The lowest BCUT2D eigenvalue weighted by Gasteiger charge is -2.09. The maximum Gasteiger partial charge on any atom is 0.338 e. The number of carbonyl (C=O) groups is 2. The molecule has 24 heavy (non-hydrogen) atoms. The molecule has 9 heteroatoms. The van der Waals surface area contributed by atoms with Gasteiger partial charge in [0.1, 0.15) is 0 Å². The van der Waals surface area contributed by atoms with Crippen molar-refractivity contribution in [2.24, 2.45) is 0 Å². The van der Waals surface area contributed by atoms with Gasteiger partial charge in [-0.3, -0.25) is 14.9 Å². The van der Waals surface area contributed by atoms with E-state index in [1.165, 1.54) is 24.3 Å². The number of hydrogen-bond donors (Lipinski definition) is 1. The normalized spacial score (nSPS) is 10.1. The Morgan fingerprint density at radius 2 is 1.67 bits per heavy atom. The zero-order valence-electron chi connectivity index (χ0n) is 12.0. The van der Waals surface area contributed by atoms with Gasteiger partial charge in [0.25, 0.3) is 11.6 Å². The van der Waals surface area contributed by atoms with Crippen molar-refractivity contribution in [1.82, 2.24) is 0 Å². The van der Waals surface area contributed by atoms with Crippen molar-refractivity contribution in [1.29, 1.82) is 0 Å². The quantitative estimate of drug-likeness (QED) is 0.492. The Morgan fingerprint density at radius 1 is 1.08 bits per heavy atom. The van der Waals surface area contributed by atoms with E-state index in [0.29, 0.717) is 0 Å². The summed E-state index contributed by atoms with van der Waals surface area (Å²) >= 11 is 11.8. The van der Waals surface area contributed by atoms with E-state index < -0.39 is 23.4 Å². The average Bonchev–Trinajstić information content (AvgIpc) is 2.56. The van der Waals surface area contributed by atoms with Crippen molar-refractivity contribution in [2.45, 2.75) is 0 Å². The number of halogens is 2. The molecule has 0 unspecified atom stereocenters. The minimum absolute atomic E-state index is 0.0872. The molecule has 0 aromatic heterocycles. The van der Waals surface area contributed by atoms with E-state index >= 15 is 0 Å². The van der Waals surface area contributed by atoms with Gasteiger partial charge in [-0.2, -0.15) is 0 Å². The van der Waals surface area contributed by atoms with E-state index in [4.69, 9.17) is 27.9 Å². The Morgan fingerprint density at radius 3 is 2.21 bits per heavy atom. The molecule has 0 radical (unpaired) electrons. The highest BCUT2D eigenvalue weighted by molar-refractivity contribution is 6.39. The molecular weight excluding hydrogens is 359 g/mol. The summed E-state index contributed by atoms with van der Waals surface area (Å²) in [5.41, 5.74) is 0.152. The number of anilines is 1. The number of rotatable bonds is 5. The number of esters is 1. The van der Waals surface area contributed by atoms with Crippen LogP contribution in [0.4, 0.5) is 11.4 Å². The van der Waals surface area contributed by atoms with Crippen LogP contribution in [-0.4, -0.2) is 23.4 Å². The number of ether oxygens (including phenoxy) is 1. The smallest absolute Gasteiger partial charge is 0.338 e. The lowest BCUT2D eigenvalue weighted by Crippen LogP contribution is -2.21. The third-order valence-corrected chi connectivity index (χ3v) is 3.51. The summed E-state index contributed by atoms with van der Waals surface area (Å²) in [5.74, 6) is -1.41. The summed E-state index contributed by atoms with van der Waals surface area (Å²) in [5, 5.41) is 13.5. The summed E-state index contributed by atoms with van der Waals surface area (Å²) in [6, 6.07) is 9.53. The molecule has 1 N–H and O–H groups in total. The molecule has 2 aromatic rings. The van der Waals surface area contributed by atoms with E-state index in [9.17, 15) is 19.7 Å². The first-order valence-electron chi connectivity index (χ1n) is 6.54. The van der Waals surface area contributed by atoms with Crippen LogP contribution in [0.25, 0.3) is 0 Å². The van der Waals surface area contributed by atoms with Gasteiger partial charge in [-0.05, 0) is 24.3 Å². The number of para-hydroxylation sites is 1. The Hall–Kier alpha value is -2.64. The number of amides is 1.